The Kier molecular flexibility index (Phi) is 5.02. The number of imidazole rings is 1. The van der Waals surface area contributed by atoms with Crippen molar-refractivity contribution in [2.75, 3.05) is 13.6 Å². The van der Waals surface area contributed by atoms with Crippen molar-refractivity contribution in [2.24, 2.45) is 12.0 Å². The summed E-state index contributed by atoms with van der Waals surface area (Å²) in [5, 5.41) is 11.1. The SMILES string of the molecule is CN=C(NCCc1cn2ccccc2n1)NCc1c(C)nn(C)c1C. The Balaban J connectivity index is 1.52. The first kappa shape index (κ1) is 17.0. The van der Waals surface area contributed by atoms with Gasteiger partial charge in [-0.2, -0.15) is 5.10 Å². The molecular weight excluding hydrogens is 314 g/mol. The normalized spacial score (nSPS) is 11.9. The zero-order chi connectivity index (χ0) is 17.8. The molecule has 2 N–H and O–H groups in total. The number of pyridine rings is 1. The highest BCUT2D eigenvalue weighted by molar-refractivity contribution is 5.79. The van der Waals surface area contributed by atoms with E-state index in [2.05, 4.69) is 38.8 Å². The first-order valence-electron chi connectivity index (χ1n) is 8.44. The molecule has 0 spiro atoms. The van der Waals surface area contributed by atoms with Crippen molar-refractivity contribution >= 4 is 11.6 Å². The van der Waals surface area contributed by atoms with E-state index in [1.807, 2.05) is 47.4 Å². The predicted molar refractivity (Wildman–Crippen MR) is 99.8 cm³/mol. The molecule has 25 heavy (non-hydrogen) atoms. The maximum Gasteiger partial charge on any atom is 0.191 e. The molecule has 0 fully saturated rings. The van der Waals surface area contributed by atoms with Crippen LogP contribution in [0.3, 0.4) is 0 Å². The Hall–Kier alpha value is -2.83. The van der Waals surface area contributed by atoms with E-state index in [1.54, 1.807) is 7.05 Å². The van der Waals surface area contributed by atoms with Crippen molar-refractivity contribution in [3.8, 4) is 0 Å². The monoisotopic (exact) mass is 339 g/mol. The van der Waals surface area contributed by atoms with Gasteiger partial charge in [0, 0.05) is 57.3 Å². The van der Waals surface area contributed by atoms with Crippen LogP contribution in [0, 0.1) is 13.8 Å². The molecule has 0 aliphatic heterocycles. The lowest BCUT2D eigenvalue weighted by Gasteiger charge is -2.11. The molecule has 7 heteroatoms. The Labute approximate surface area is 147 Å². The van der Waals surface area contributed by atoms with Gasteiger partial charge in [-0.15, -0.1) is 0 Å². The van der Waals surface area contributed by atoms with E-state index in [-0.39, 0.29) is 0 Å². The lowest BCUT2D eigenvalue weighted by Crippen LogP contribution is -2.38. The van der Waals surface area contributed by atoms with E-state index in [9.17, 15) is 0 Å². The van der Waals surface area contributed by atoms with Gasteiger partial charge in [-0.05, 0) is 26.0 Å². The number of rotatable bonds is 5. The van der Waals surface area contributed by atoms with E-state index < -0.39 is 0 Å². The largest absolute Gasteiger partial charge is 0.356 e. The summed E-state index contributed by atoms with van der Waals surface area (Å²) in [7, 11) is 3.75. The number of aryl methyl sites for hydroxylation is 2. The molecule has 0 amide bonds. The highest BCUT2D eigenvalue weighted by Crippen LogP contribution is 2.11. The number of nitrogens with one attached hydrogen (secondary N) is 2. The summed E-state index contributed by atoms with van der Waals surface area (Å²) in [4.78, 5) is 8.89. The molecule has 0 saturated carbocycles. The summed E-state index contributed by atoms with van der Waals surface area (Å²) in [5.41, 5.74) is 5.47. The van der Waals surface area contributed by atoms with Crippen molar-refractivity contribution in [3.05, 3.63) is 53.2 Å². The van der Waals surface area contributed by atoms with Gasteiger partial charge in [-0.3, -0.25) is 9.67 Å². The van der Waals surface area contributed by atoms with Crippen molar-refractivity contribution in [1.29, 1.82) is 0 Å². The zero-order valence-electron chi connectivity index (χ0n) is 15.2. The van der Waals surface area contributed by atoms with Crippen LogP contribution < -0.4 is 10.6 Å². The highest BCUT2D eigenvalue weighted by Gasteiger charge is 2.09. The van der Waals surface area contributed by atoms with Crippen molar-refractivity contribution < 1.29 is 0 Å². The molecule has 3 rings (SSSR count). The van der Waals surface area contributed by atoms with Crippen LogP contribution in [0.5, 0.6) is 0 Å². The van der Waals surface area contributed by atoms with E-state index >= 15 is 0 Å². The predicted octanol–water partition coefficient (Wildman–Crippen LogP) is 1.59. The molecule has 0 aliphatic carbocycles. The van der Waals surface area contributed by atoms with Gasteiger partial charge in [0.25, 0.3) is 0 Å². The first-order valence-corrected chi connectivity index (χ1v) is 8.44. The summed E-state index contributed by atoms with van der Waals surface area (Å²) < 4.78 is 3.95. The number of aliphatic imine (C=N–C) groups is 1. The Bertz CT molecular complexity index is 855. The molecule has 0 unspecified atom stereocenters. The number of nitrogens with zero attached hydrogens (tertiary/aromatic N) is 5. The zero-order valence-corrected chi connectivity index (χ0v) is 15.2. The maximum absolute atomic E-state index is 4.61. The Morgan fingerprint density at radius 1 is 1.24 bits per heavy atom. The second kappa shape index (κ2) is 7.38. The number of fused-ring (bicyclic) bond motifs is 1. The van der Waals surface area contributed by atoms with Crippen LogP contribution in [0.4, 0.5) is 0 Å². The average molecular weight is 339 g/mol. The quantitative estimate of drug-likeness (QED) is 0.547. The van der Waals surface area contributed by atoms with E-state index in [1.165, 1.54) is 11.3 Å². The number of guanidine groups is 1. The fourth-order valence-electron chi connectivity index (χ4n) is 2.88. The number of aromatic nitrogens is 4. The lowest BCUT2D eigenvalue weighted by molar-refractivity contribution is 0.728. The fourth-order valence-corrected chi connectivity index (χ4v) is 2.88. The van der Waals surface area contributed by atoms with Crippen LogP contribution in [0.25, 0.3) is 5.65 Å². The van der Waals surface area contributed by atoms with Gasteiger partial charge < -0.3 is 15.0 Å². The topological polar surface area (TPSA) is 71.5 Å². The molecule has 0 aliphatic rings. The van der Waals surface area contributed by atoms with Crippen LogP contribution in [-0.2, 0) is 20.0 Å². The second-order valence-corrected chi connectivity index (χ2v) is 6.07. The minimum Gasteiger partial charge on any atom is -0.356 e. The Morgan fingerprint density at radius 2 is 2.08 bits per heavy atom. The summed E-state index contributed by atoms with van der Waals surface area (Å²) in [6.07, 6.45) is 4.92. The van der Waals surface area contributed by atoms with E-state index in [4.69, 9.17) is 0 Å². The standard InChI is InChI=1S/C18H25N7/c1-13-16(14(2)24(4)23-13)11-21-18(19-3)20-9-8-15-12-25-10-6-5-7-17(25)22-15/h5-7,10,12H,8-9,11H2,1-4H3,(H2,19,20,21). The maximum atomic E-state index is 4.61. The van der Waals surface area contributed by atoms with Gasteiger partial charge >= 0.3 is 0 Å². The summed E-state index contributed by atoms with van der Waals surface area (Å²) in [6.45, 7) is 5.59. The minimum absolute atomic E-state index is 0.708. The van der Waals surface area contributed by atoms with Crippen molar-refractivity contribution in [3.63, 3.8) is 0 Å². The van der Waals surface area contributed by atoms with Gasteiger partial charge in [-0.25, -0.2) is 4.98 Å². The van der Waals surface area contributed by atoms with Gasteiger partial charge in [-0.1, -0.05) is 6.07 Å². The molecule has 3 aromatic heterocycles. The molecule has 132 valence electrons. The third kappa shape index (κ3) is 3.81. The van der Waals surface area contributed by atoms with Gasteiger partial charge in [0.05, 0.1) is 11.4 Å². The number of hydrogen-bond acceptors (Lipinski definition) is 3. The Morgan fingerprint density at radius 3 is 2.76 bits per heavy atom. The molecule has 0 radical (unpaired) electrons. The molecule has 7 nitrogen and oxygen atoms in total. The fraction of sp³-hybridized carbons (Fsp3) is 0.389. The molecule has 0 aromatic carbocycles. The number of hydrogen-bond donors (Lipinski definition) is 2. The third-order valence-electron chi connectivity index (χ3n) is 4.40. The molecule has 3 heterocycles. The van der Waals surface area contributed by atoms with Crippen molar-refractivity contribution in [2.45, 2.75) is 26.8 Å². The molecule has 0 atom stereocenters. The van der Waals surface area contributed by atoms with Gasteiger partial charge in [0.15, 0.2) is 5.96 Å². The van der Waals surface area contributed by atoms with Crippen molar-refractivity contribution in [1.82, 2.24) is 29.8 Å². The first-order chi connectivity index (χ1) is 12.1. The lowest BCUT2D eigenvalue weighted by atomic mass is 10.2. The highest BCUT2D eigenvalue weighted by atomic mass is 15.3. The summed E-state index contributed by atoms with van der Waals surface area (Å²) in [6, 6.07) is 6.01. The van der Waals surface area contributed by atoms with Crippen LogP contribution in [0.1, 0.15) is 22.6 Å². The van der Waals surface area contributed by atoms with Crippen LogP contribution in [0.2, 0.25) is 0 Å². The molecule has 0 bridgehead atoms. The van der Waals surface area contributed by atoms with Gasteiger partial charge in [0.1, 0.15) is 5.65 Å². The second-order valence-electron chi connectivity index (χ2n) is 6.07. The van der Waals surface area contributed by atoms with Crippen LogP contribution >= 0.6 is 0 Å². The molecular formula is C18H25N7. The van der Waals surface area contributed by atoms with Crippen LogP contribution in [0.15, 0.2) is 35.6 Å². The van der Waals surface area contributed by atoms with E-state index in [0.29, 0.717) is 6.54 Å². The summed E-state index contributed by atoms with van der Waals surface area (Å²) >= 11 is 0. The van der Waals surface area contributed by atoms with Gasteiger partial charge in [0.2, 0.25) is 0 Å². The molecule has 0 saturated heterocycles. The average Bonchev–Trinajstić information content (AvgIpc) is 3.12. The van der Waals surface area contributed by atoms with Crippen LogP contribution in [-0.4, -0.2) is 38.7 Å². The molecule has 3 aromatic rings. The minimum atomic E-state index is 0.708. The van der Waals surface area contributed by atoms with E-state index in [0.717, 1.165) is 36.0 Å². The summed E-state index contributed by atoms with van der Waals surface area (Å²) in [5.74, 6) is 0.784. The smallest absolute Gasteiger partial charge is 0.191 e. The third-order valence-corrected chi connectivity index (χ3v) is 4.40.